The third-order valence-electron chi connectivity index (χ3n) is 2.32. The monoisotopic (exact) mass is 200 g/mol. The summed E-state index contributed by atoms with van der Waals surface area (Å²) in [5, 5.41) is 9.55. The number of aliphatic hydroxyl groups is 1. The van der Waals surface area contributed by atoms with Gasteiger partial charge in [-0.2, -0.15) is 0 Å². The molecule has 0 aliphatic heterocycles. The van der Waals surface area contributed by atoms with Crippen LogP contribution in [-0.2, 0) is 4.74 Å². The minimum atomic E-state index is -0.0427. The van der Waals surface area contributed by atoms with Crippen LogP contribution in [-0.4, -0.2) is 12.2 Å². The van der Waals surface area contributed by atoms with Gasteiger partial charge >= 0.3 is 0 Å². The van der Waals surface area contributed by atoms with E-state index in [9.17, 15) is 5.11 Å². The standard InChI is InChI=1S/C13H12O2/c1-15-13(14)12-9-5-8-11(12)10-6-3-2-4-7-10/h2-9,14H,1H3. The van der Waals surface area contributed by atoms with Gasteiger partial charge in [0.15, 0.2) is 0 Å². The van der Waals surface area contributed by atoms with E-state index in [1.807, 2.05) is 48.6 Å². The van der Waals surface area contributed by atoms with E-state index in [1.54, 1.807) is 0 Å². The van der Waals surface area contributed by atoms with Gasteiger partial charge in [-0.1, -0.05) is 42.5 Å². The summed E-state index contributed by atoms with van der Waals surface area (Å²) < 4.78 is 4.83. The molecule has 0 fully saturated rings. The highest BCUT2D eigenvalue weighted by Gasteiger charge is 2.14. The summed E-state index contributed by atoms with van der Waals surface area (Å²) in [4.78, 5) is 0. The van der Waals surface area contributed by atoms with E-state index in [-0.39, 0.29) is 5.95 Å². The average Bonchev–Trinajstić information content (AvgIpc) is 2.78. The number of aliphatic hydroxyl groups excluding tert-OH is 1. The van der Waals surface area contributed by atoms with Gasteiger partial charge in [-0.05, 0) is 17.2 Å². The number of methoxy groups -OCH3 is 1. The Morgan fingerprint density at radius 1 is 1.20 bits per heavy atom. The Morgan fingerprint density at radius 3 is 2.60 bits per heavy atom. The predicted molar refractivity (Wildman–Crippen MR) is 60.2 cm³/mol. The smallest absolute Gasteiger partial charge is 0.284 e. The molecule has 0 bridgehead atoms. The first-order valence-corrected chi connectivity index (χ1v) is 4.74. The molecule has 1 N–H and O–H groups in total. The third kappa shape index (κ3) is 1.79. The molecule has 2 nitrogen and oxygen atoms in total. The highest BCUT2D eigenvalue weighted by molar-refractivity contribution is 5.85. The first-order valence-electron chi connectivity index (χ1n) is 4.74. The zero-order valence-corrected chi connectivity index (χ0v) is 8.47. The second-order valence-corrected chi connectivity index (χ2v) is 3.23. The molecule has 1 aliphatic rings. The summed E-state index contributed by atoms with van der Waals surface area (Å²) in [5.41, 5.74) is 2.78. The average molecular weight is 200 g/mol. The van der Waals surface area contributed by atoms with Gasteiger partial charge in [0.1, 0.15) is 0 Å². The Hall–Kier alpha value is -1.96. The summed E-state index contributed by atoms with van der Waals surface area (Å²) in [6.45, 7) is 0. The Balaban J connectivity index is 2.41. The first kappa shape index (κ1) is 9.59. The van der Waals surface area contributed by atoms with Crippen LogP contribution in [0.25, 0.3) is 5.57 Å². The van der Waals surface area contributed by atoms with E-state index in [2.05, 4.69) is 0 Å². The molecule has 1 aromatic rings. The Labute approximate surface area is 88.8 Å². The largest absolute Gasteiger partial charge is 0.481 e. The van der Waals surface area contributed by atoms with Crippen LogP contribution in [0.15, 0.2) is 60.1 Å². The summed E-state index contributed by atoms with van der Waals surface area (Å²) >= 11 is 0. The van der Waals surface area contributed by atoms with E-state index in [4.69, 9.17) is 4.74 Å². The zero-order valence-electron chi connectivity index (χ0n) is 8.47. The lowest BCUT2D eigenvalue weighted by molar-refractivity contribution is 0.134. The Morgan fingerprint density at radius 2 is 1.93 bits per heavy atom. The van der Waals surface area contributed by atoms with Crippen LogP contribution in [0.5, 0.6) is 0 Å². The van der Waals surface area contributed by atoms with Crippen LogP contribution in [0.1, 0.15) is 5.56 Å². The van der Waals surface area contributed by atoms with Gasteiger partial charge in [-0.3, -0.25) is 0 Å². The minimum absolute atomic E-state index is 0.0427. The van der Waals surface area contributed by atoms with Crippen LogP contribution in [0.2, 0.25) is 0 Å². The van der Waals surface area contributed by atoms with Crippen molar-refractivity contribution in [2.75, 3.05) is 7.11 Å². The number of hydrogen-bond donors (Lipinski definition) is 1. The van der Waals surface area contributed by atoms with Crippen molar-refractivity contribution in [3.63, 3.8) is 0 Å². The van der Waals surface area contributed by atoms with Crippen molar-refractivity contribution in [1.29, 1.82) is 0 Å². The molecule has 0 spiro atoms. The van der Waals surface area contributed by atoms with Gasteiger partial charge in [0.05, 0.1) is 12.7 Å². The number of rotatable bonds is 2. The van der Waals surface area contributed by atoms with Crippen LogP contribution in [0.4, 0.5) is 0 Å². The van der Waals surface area contributed by atoms with E-state index in [1.165, 1.54) is 7.11 Å². The van der Waals surface area contributed by atoms with Gasteiger partial charge in [-0.15, -0.1) is 0 Å². The predicted octanol–water partition coefficient (Wildman–Crippen LogP) is 3.06. The minimum Gasteiger partial charge on any atom is -0.481 e. The molecule has 1 aromatic carbocycles. The van der Waals surface area contributed by atoms with Crippen molar-refractivity contribution < 1.29 is 9.84 Å². The fraction of sp³-hybridized carbons (Fsp3) is 0.0769. The molecule has 0 heterocycles. The molecule has 0 aromatic heterocycles. The fourth-order valence-electron chi connectivity index (χ4n) is 1.59. The molecule has 15 heavy (non-hydrogen) atoms. The van der Waals surface area contributed by atoms with Crippen LogP contribution in [0.3, 0.4) is 0 Å². The molecule has 2 rings (SSSR count). The molecule has 0 unspecified atom stereocenters. The quantitative estimate of drug-likeness (QED) is 0.743. The summed E-state index contributed by atoms with van der Waals surface area (Å²) in [6, 6.07) is 9.90. The Kier molecular flexibility index (Phi) is 2.59. The van der Waals surface area contributed by atoms with Gasteiger partial charge in [-0.25, -0.2) is 0 Å². The normalized spacial score (nSPS) is 17.5. The van der Waals surface area contributed by atoms with Gasteiger partial charge < -0.3 is 9.84 Å². The highest BCUT2D eigenvalue weighted by Crippen LogP contribution is 2.30. The number of benzene rings is 1. The summed E-state index contributed by atoms with van der Waals surface area (Å²) in [6.07, 6.45) is 5.69. The first-order chi connectivity index (χ1) is 7.33. The number of ether oxygens (including phenoxy) is 1. The van der Waals surface area contributed by atoms with Crippen molar-refractivity contribution in [2.24, 2.45) is 0 Å². The topological polar surface area (TPSA) is 29.5 Å². The molecule has 0 amide bonds. The maximum atomic E-state index is 9.55. The second-order valence-electron chi connectivity index (χ2n) is 3.23. The lowest BCUT2D eigenvalue weighted by atomic mass is 10.0. The number of allylic oxidation sites excluding steroid dienone is 5. The van der Waals surface area contributed by atoms with Crippen molar-refractivity contribution in [3.05, 3.63) is 65.6 Å². The second kappa shape index (κ2) is 4.05. The van der Waals surface area contributed by atoms with Crippen LogP contribution in [0, 0.1) is 0 Å². The zero-order chi connectivity index (χ0) is 10.7. The molecule has 1 aliphatic carbocycles. The maximum absolute atomic E-state index is 9.55. The number of hydrogen-bond acceptors (Lipinski definition) is 2. The Bertz CT molecular complexity index is 439. The van der Waals surface area contributed by atoms with E-state index in [0.29, 0.717) is 0 Å². The van der Waals surface area contributed by atoms with Crippen molar-refractivity contribution in [3.8, 4) is 0 Å². The SMILES string of the molecule is COC(O)=C1C=CC=C1c1ccccc1. The van der Waals surface area contributed by atoms with Crippen molar-refractivity contribution >= 4 is 5.57 Å². The molecule has 0 saturated carbocycles. The van der Waals surface area contributed by atoms with Gasteiger partial charge in [0.2, 0.25) is 0 Å². The highest BCUT2D eigenvalue weighted by atomic mass is 16.6. The third-order valence-corrected chi connectivity index (χ3v) is 2.32. The molecular formula is C13H12O2. The van der Waals surface area contributed by atoms with Crippen molar-refractivity contribution in [2.45, 2.75) is 0 Å². The van der Waals surface area contributed by atoms with Crippen LogP contribution >= 0.6 is 0 Å². The molecule has 0 atom stereocenters. The maximum Gasteiger partial charge on any atom is 0.284 e. The summed E-state index contributed by atoms with van der Waals surface area (Å²) in [7, 11) is 1.46. The molecular weight excluding hydrogens is 188 g/mol. The van der Waals surface area contributed by atoms with Crippen LogP contribution < -0.4 is 0 Å². The lowest BCUT2D eigenvalue weighted by Crippen LogP contribution is -1.93. The van der Waals surface area contributed by atoms with E-state index in [0.717, 1.165) is 16.7 Å². The fourth-order valence-corrected chi connectivity index (χ4v) is 1.59. The molecule has 0 saturated heterocycles. The lowest BCUT2D eigenvalue weighted by Gasteiger charge is -2.07. The molecule has 2 heteroatoms. The van der Waals surface area contributed by atoms with E-state index >= 15 is 0 Å². The van der Waals surface area contributed by atoms with Gasteiger partial charge in [0.25, 0.3) is 5.95 Å². The molecule has 0 radical (unpaired) electrons. The van der Waals surface area contributed by atoms with E-state index < -0.39 is 0 Å². The molecule has 76 valence electrons. The summed E-state index contributed by atoms with van der Waals surface area (Å²) in [5.74, 6) is -0.0427. The van der Waals surface area contributed by atoms with Crippen molar-refractivity contribution in [1.82, 2.24) is 0 Å². The van der Waals surface area contributed by atoms with Gasteiger partial charge in [0, 0.05) is 0 Å².